The zero-order valence-corrected chi connectivity index (χ0v) is 11.9. The van der Waals surface area contributed by atoms with E-state index in [1.54, 1.807) is 0 Å². The second-order valence-corrected chi connectivity index (χ2v) is 4.62. The smallest absolute Gasteiger partial charge is 0.127 e. The molecule has 3 heteroatoms. The Morgan fingerprint density at radius 1 is 0.800 bits per heavy atom. The molecule has 0 atom stereocenters. The van der Waals surface area contributed by atoms with Crippen LogP contribution in [-0.2, 0) is 0 Å². The molecule has 2 rings (SSSR count). The number of ether oxygens (including phenoxy) is 1. The van der Waals surface area contributed by atoms with Crippen LogP contribution in [-0.4, -0.2) is 19.6 Å². The molecule has 0 bridgehead atoms. The molecule has 2 aromatic carbocycles. The van der Waals surface area contributed by atoms with Gasteiger partial charge in [-0.1, -0.05) is 25.1 Å². The van der Waals surface area contributed by atoms with Crippen molar-refractivity contribution in [3.63, 3.8) is 0 Å². The average molecular weight is 270 g/mol. The predicted molar refractivity (Wildman–Crippen MR) is 84.6 cm³/mol. The lowest BCUT2D eigenvalue weighted by molar-refractivity contribution is 0.483. The summed E-state index contributed by atoms with van der Waals surface area (Å²) in [5.74, 6) is 1.71. The first kappa shape index (κ1) is 14.4. The molecule has 0 saturated heterocycles. The summed E-state index contributed by atoms with van der Waals surface area (Å²) in [6, 6.07) is 17.9. The number of para-hydroxylation sites is 1. The number of rotatable bonds is 8. The molecule has 0 saturated carbocycles. The Morgan fingerprint density at radius 3 is 2.20 bits per heavy atom. The normalized spacial score (nSPS) is 10.2. The van der Waals surface area contributed by atoms with E-state index in [1.165, 1.54) is 6.42 Å². The van der Waals surface area contributed by atoms with Gasteiger partial charge in [0.25, 0.3) is 0 Å². The molecule has 0 fully saturated rings. The van der Waals surface area contributed by atoms with Crippen LogP contribution in [0.1, 0.15) is 13.3 Å². The van der Waals surface area contributed by atoms with Gasteiger partial charge in [-0.2, -0.15) is 0 Å². The van der Waals surface area contributed by atoms with E-state index in [-0.39, 0.29) is 0 Å². The van der Waals surface area contributed by atoms with Gasteiger partial charge in [-0.3, -0.25) is 0 Å². The number of hydrogen-bond donors (Lipinski definition) is 2. The van der Waals surface area contributed by atoms with Gasteiger partial charge in [0.1, 0.15) is 11.5 Å². The van der Waals surface area contributed by atoms with E-state index in [0.717, 1.165) is 36.8 Å². The number of hydrogen-bond acceptors (Lipinski definition) is 3. The van der Waals surface area contributed by atoms with Crippen molar-refractivity contribution in [1.82, 2.24) is 5.32 Å². The molecule has 106 valence electrons. The van der Waals surface area contributed by atoms with Crippen LogP contribution in [0.5, 0.6) is 11.5 Å². The Labute approximate surface area is 121 Å². The minimum Gasteiger partial charge on any atom is -0.457 e. The van der Waals surface area contributed by atoms with E-state index < -0.39 is 0 Å². The van der Waals surface area contributed by atoms with Gasteiger partial charge in [0.15, 0.2) is 0 Å². The molecule has 0 aliphatic carbocycles. The van der Waals surface area contributed by atoms with E-state index in [1.807, 2.05) is 54.6 Å². The number of anilines is 1. The van der Waals surface area contributed by atoms with Crippen LogP contribution < -0.4 is 15.4 Å². The van der Waals surface area contributed by atoms with Crippen molar-refractivity contribution in [3.8, 4) is 11.5 Å². The molecular weight excluding hydrogens is 248 g/mol. The van der Waals surface area contributed by atoms with Crippen LogP contribution in [0, 0.1) is 0 Å². The lowest BCUT2D eigenvalue weighted by Crippen LogP contribution is -2.22. The van der Waals surface area contributed by atoms with E-state index in [9.17, 15) is 0 Å². The molecule has 0 heterocycles. The zero-order chi connectivity index (χ0) is 14.0. The van der Waals surface area contributed by atoms with Gasteiger partial charge in [0, 0.05) is 18.8 Å². The largest absolute Gasteiger partial charge is 0.457 e. The third-order valence-corrected chi connectivity index (χ3v) is 2.89. The van der Waals surface area contributed by atoms with Gasteiger partial charge in [0.2, 0.25) is 0 Å². The first-order valence-corrected chi connectivity index (χ1v) is 7.16. The number of nitrogens with one attached hydrogen (secondary N) is 2. The van der Waals surface area contributed by atoms with Gasteiger partial charge >= 0.3 is 0 Å². The topological polar surface area (TPSA) is 33.3 Å². The monoisotopic (exact) mass is 270 g/mol. The fraction of sp³-hybridized carbons (Fsp3) is 0.294. The van der Waals surface area contributed by atoms with Crippen molar-refractivity contribution in [3.05, 3.63) is 54.6 Å². The van der Waals surface area contributed by atoms with Gasteiger partial charge in [-0.05, 0) is 49.4 Å². The Bertz CT molecular complexity index is 482. The standard InChI is InChI=1S/C17H22N2O/c1-2-12-18-13-14-19-15-8-10-17(11-9-15)20-16-6-4-3-5-7-16/h3-11,18-19H,2,12-14H2,1H3. The average Bonchev–Trinajstić information content (AvgIpc) is 2.50. The molecule has 0 aliphatic rings. The van der Waals surface area contributed by atoms with E-state index >= 15 is 0 Å². The fourth-order valence-corrected chi connectivity index (χ4v) is 1.86. The maximum absolute atomic E-state index is 5.75. The second kappa shape index (κ2) is 8.23. The van der Waals surface area contributed by atoms with Gasteiger partial charge in [-0.15, -0.1) is 0 Å². The quantitative estimate of drug-likeness (QED) is 0.714. The minimum atomic E-state index is 0.853. The summed E-state index contributed by atoms with van der Waals surface area (Å²) in [4.78, 5) is 0. The predicted octanol–water partition coefficient (Wildman–Crippen LogP) is 3.89. The summed E-state index contributed by atoms with van der Waals surface area (Å²) < 4.78 is 5.75. The van der Waals surface area contributed by atoms with Crippen LogP contribution in [0.15, 0.2) is 54.6 Å². The Hall–Kier alpha value is -2.00. The van der Waals surface area contributed by atoms with Gasteiger partial charge < -0.3 is 15.4 Å². The summed E-state index contributed by atoms with van der Waals surface area (Å²) in [6.07, 6.45) is 1.17. The molecule has 0 aliphatic heterocycles. The molecule has 0 amide bonds. The molecular formula is C17H22N2O. The van der Waals surface area contributed by atoms with Crippen molar-refractivity contribution in [2.45, 2.75) is 13.3 Å². The van der Waals surface area contributed by atoms with Crippen molar-refractivity contribution >= 4 is 5.69 Å². The summed E-state index contributed by atoms with van der Waals surface area (Å²) in [7, 11) is 0. The van der Waals surface area contributed by atoms with Gasteiger partial charge in [0.05, 0.1) is 0 Å². The van der Waals surface area contributed by atoms with Crippen LogP contribution in [0.3, 0.4) is 0 Å². The lowest BCUT2D eigenvalue weighted by Gasteiger charge is -2.09. The highest BCUT2D eigenvalue weighted by Crippen LogP contribution is 2.22. The van der Waals surface area contributed by atoms with Crippen molar-refractivity contribution in [2.24, 2.45) is 0 Å². The fourth-order valence-electron chi connectivity index (χ4n) is 1.86. The molecule has 3 nitrogen and oxygen atoms in total. The summed E-state index contributed by atoms with van der Waals surface area (Å²) in [5, 5.41) is 6.74. The molecule has 2 aromatic rings. The molecule has 0 radical (unpaired) electrons. The molecule has 2 N–H and O–H groups in total. The van der Waals surface area contributed by atoms with Crippen molar-refractivity contribution in [2.75, 3.05) is 25.0 Å². The summed E-state index contributed by atoms with van der Waals surface area (Å²) in [6.45, 7) is 5.16. The molecule has 0 spiro atoms. The van der Waals surface area contributed by atoms with Crippen LogP contribution in [0.4, 0.5) is 5.69 Å². The van der Waals surface area contributed by atoms with Crippen LogP contribution in [0.25, 0.3) is 0 Å². The SMILES string of the molecule is CCCNCCNc1ccc(Oc2ccccc2)cc1. The zero-order valence-electron chi connectivity index (χ0n) is 11.9. The van der Waals surface area contributed by atoms with Crippen molar-refractivity contribution < 1.29 is 4.74 Å². The Kier molecular flexibility index (Phi) is 5.93. The Balaban J connectivity index is 1.78. The molecule has 0 aromatic heterocycles. The molecule has 0 unspecified atom stereocenters. The highest BCUT2D eigenvalue weighted by Gasteiger charge is 1.97. The highest BCUT2D eigenvalue weighted by molar-refractivity contribution is 5.47. The second-order valence-electron chi connectivity index (χ2n) is 4.62. The number of benzene rings is 2. The third kappa shape index (κ3) is 4.94. The van der Waals surface area contributed by atoms with Gasteiger partial charge in [-0.25, -0.2) is 0 Å². The first-order valence-electron chi connectivity index (χ1n) is 7.16. The van der Waals surface area contributed by atoms with E-state index in [0.29, 0.717) is 0 Å². The summed E-state index contributed by atoms with van der Waals surface area (Å²) in [5.41, 5.74) is 1.11. The Morgan fingerprint density at radius 2 is 1.50 bits per heavy atom. The van der Waals surface area contributed by atoms with Crippen LogP contribution >= 0.6 is 0 Å². The minimum absolute atomic E-state index is 0.853. The van der Waals surface area contributed by atoms with E-state index in [4.69, 9.17) is 4.74 Å². The van der Waals surface area contributed by atoms with Crippen molar-refractivity contribution in [1.29, 1.82) is 0 Å². The maximum Gasteiger partial charge on any atom is 0.127 e. The van der Waals surface area contributed by atoms with E-state index in [2.05, 4.69) is 17.6 Å². The third-order valence-electron chi connectivity index (χ3n) is 2.89. The highest BCUT2D eigenvalue weighted by atomic mass is 16.5. The van der Waals surface area contributed by atoms with Crippen LogP contribution in [0.2, 0.25) is 0 Å². The summed E-state index contributed by atoms with van der Waals surface area (Å²) >= 11 is 0. The molecule has 20 heavy (non-hydrogen) atoms. The maximum atomic E-state index is 5.75. The lowest BCUT2D eigenvalue weighted by atomic mass is 10.3. The first-order chi connectivity index (χ1) is 9.88.